The zero-order valence-electron chi connectivity index (χ0n) is 9.49. The summed E-state index contributed by atoms with van der Waals surface area (Å²) in [5.41, 5.74) is -5.89. The lowest BCUT2D eigenvalue weighted by atomic mass is 10.1. The zero-order valence-corrected chi connectivity index (χ0v) is 11.1. The molecule has 0 heterocycles. The maximum atomic E-state index is 12.2. The molecule has 0 aliphatic rings. The van der Waals surface area contributed by atoms with Crippen LogP contribution in [0.1, 0.15) is 23.7 Å². The monoisotopic (exact) mass is 316 g/mol. The van der Waals surface area contributed by atoms with Crippen molar-refractivity contribution in [3.8, 4) is 5.75 Å². The second-order valence-electron chi connectivity index (χ2n) is 3.40. The number of alkyl halides is 3. The highest BCUT2D eigenvalue weighted by atomic mass is 35.5. The van der Waals surface area contributed by atoms with Crippen LogP contribution in [0.15, 0.2) is 18.2 Å². The molecule has 106 valence electrons. The Kier molecular flexibility index (Phi) is 4.46. The van der Waals surface area contributed by atoms with Gasteiger partial charge >= 0.3 is 15.6 Å². The third-order valence-electron chi connectivity index (χ3n) is 2.05. The van der Waals surface area contributed by atoms with Crippen molar-refractivity contribution in [3.05, 3.63) is 28.8 Å². The first-order chi connectivity index (χ1) is 8.58. The van der Waals surface area contributed by atoms with Crippen LogP contribution in [0.5, 0.6) is 5.75 Å². The topological polar surface area (TPSA) is 60.4 Å². The molecule has 1 rings (SSSR count). The van der Waals surface area contributed by atoms with Gasteiger partial charge in [0.15, 0.2) is 11.5 Å². The molecule has 0 aliphatic carbocycles. The molecule has 19 heavy (non-hydrogen) atoms. The van der Waals surface area contributed by atoms with E-state index in [1.807, 2.05) is 0 Å². The van der Waals surface area contributed by atoms with E-state index in [0.29, 0.717) is 0 Å². The summed E-state index contributed by atoms with van der Waals surface area (Å²) >= 11 is 5.60. The summed E-state index contributed by atoms with van der Waals surface area (Å²) in [6.07, 6.45) is -0.0389. The molecular weight excluding hydrogens is 309 g/mol. The molecule has 1 aromatic carbocycles. The Bertz CT molecular complexity index is 595. The van der Waals surface area contributed by atoms with Gasteiger partial charge in [-0.15, -0.1) is 0 Å². The van der Waals surface area contributed by atoms with Crippen LogP contribution in [0.3, 0.4) is 0 Å². The molecular formula is C10H8ClF3O4S. The number of hydrogen-bond donors (Lipinski definition) is 0. The Morgan fingerprint density at radius 3 is 2.42 bits per heavy atom. The van der Waals surface area contributed by atoms with Gasteiger partial charge in [-0.2, -0.15) is 21.6 Å². The van der Waals surface area contributed by atoms with Gasteiger partial charge in [0.1, 0.15) is 0 Å². The van der Waals surface area contributed by atoms with Gasteiger partial charge in [0, 0.05) is 11.4 Å². The highest BCUT2D eigenvalue weighted by Crippen LogP contribution is 2.30. The number of Topliss-reactive ketones (excluding diaryl/α,β-unsaturated/α-hetero) is 1. The van der Waals surface area contributed by atoms with Crippen LogP contribution in [0, 0.1) is 0 Å². The number of carbonyl (C=O) groups excluding carboxylic acids is 1. The molecule has 0 N–H and O–H groups in total. The van der Waals surface area contributed by atoms with Crippen LogP contribution >= 0.6 is 11.6 Å². The number of ketones is 1. The highest BCUT2D eigenvalue weighted by Gasteiger charge is 2.48. The Hall–Kier alpha value is -1.28. The molecule has 0 spiro atoms. The fourth-order valence-electron chi connectivity index (χ4n) is 1.15. The summed E-state index contributed by atoms with van der Waals surface area (Å²) in [5.74, 6) is -1.29. The summed E-state index contributed by atoms with van der Waals surface area (Å²) in [4.78, 5) is 11.5. The molecule has 0 aliphatic heterocycles. The number of benzene rings is 1. The van der Waals surface area contributed by atoms with Crippen LogP contribution in [0.4, 0.5) is 13.2 Å². The third kappa shape index (κ3) is 3.60. The van der Waals surface area contributed by atoms with E-state index >= 15 is 0 Å². The fourth-order valence-corrected chi connectivity index (χ4v) is 1.80. The van der Waals surface area contributed by atoms with Crippen LogP contribution in [-0.2, 0) is 10.1 Å². The minimum atomic E-state index is -5.82. The predicted molar refractivity (Wildman–Crippen MR) is 61.7 cm³/mol. The van der Waals surface area contributed by atoms with Gasteiger partial charge < -0.3 is 4.18 Å². The lowest BCUT2D eigenvalue weighted by molar-refractivity contribution is -0.0500. The number of carbonyl (C=O) groups is 1. The molecule has 0 saturated heterocycles. The van der Waals surface area contributed by atoms with Crippen molar-refractivity contribution < 1.29 is 30.6 Å². The molecule has 0 amide bonds. The Morgan fingerprint density at radius 1 is 1.37 bits per heavy atom. The number of hydrogen-bond acceptors (Lipinski definition) is 4. The van der Waals surface area contributed by atoms with Crippen molar-refractivity contribution in [2.24, 2.45) is 0 Å². The van der Waals surface area contributed by atoms with E-state index in [1.54, 1.807) is 0 Å². The molecule has 0 saturated carbocycles. The first kappa shape index (κ1) is 15.8. The molecule has 9 heteroatoms. The van der Waals surface area contributed by atoms with E-state index in [9.17, 15) is 26.4 Å². The lowest BCUT2D eigenvalue weighted by Crippen LogP contribution is -2.28. The quantitative estimate of drug-likeness (QED) is 0.486. The largest absolute Gasteiger partial charge is 0.534 e. The number of rotatable bonds is 4. The van der Waals surface area contributed by atoms with Crippen LogP contribution in [0.25, 0.3) is 0 Å². The Morgan fingerprint density at radius 2 is 1.95 bits per heavy atom. The molecule has 0 bridgehead atoms. The summed E-state index contributed by atoms with van der Waals surface area (Å²) in [6, 6.07) is 3.07. The van der Waals surface area contributed by atoms with E-state index < -0.39 is 27.2 Å². The van der Waals surface area contributed by atoms with Gasteiger partial charge in [0.05, 0.1) is 5.56 Å². The minimum Gasteiger partial charge on any atom is -0.375 e. The SMILES string of the molecule is CCC(=O)c1cc(Cl)ccc1OS(=O)(=O)C(F)(F)F. The standard InChI is InChI=1S/C10H8ClF3O4S/c1-2-8(15)7-5-6(11)3-4-9(7)18-19(16,17)10(12,13)14/h3-5H,2H2,1H3. The minimum absolute atomic E-state index is 0.0389. The summed E-state index contributed by atoms with van der Waals surface area (Å²) in [5, 5.41) is 0.0774. The van der Waals surface area contributed by atoms with Crippen LogP contribution < -0.4 is 4.18 Å². The maximum absolute atomic E-state index is 12.2. The molecule has 1 aromatic rings. The zero-order chi connectivity index (χ0) is 14.8. The van der Waals surface area contributed by atoms with Crippen molar-refractivity contribution in [3.63, 3.8) is 0 Å². The van der Waals surface area contributed by atoms with Gasteiger partial charge in [0.25, 0.3) is 0 Å². The van der Waals surface area contributed by atoms with E-state index in [1.165, 1.54) is 6.92 Å². The van der Waals surface area contributed by atoms with Gasteiger partial charge in [0.2, 0.25) is 0 Å². The molecule has 0 fully saturated rings. The van der Waals surface area contributed by atoms with E-state index in [0.717, 1.165) is 18.2 Å². The van der Waals surface area contributed by atoms with Crippen molar-refractivity contribution in [2.75, 3.05) is 0 Å². The van der Waals surface area contributed by atoms with Gasteiger partial charge in [-0.1, -0.05) is 18.5 Å². The second kappa shape index (κ2) is 5.38. The predicted octanol–water partition coefficient (Wildman–Crippen LogP) is 3.16. The molecule has 0 radical (unpaired) electrons. The lowest BCUT2D eigenvalue weighted by Gasteiger charge is -2.12. The maximum Gasteiger partial charge on any atom is 0.534 e. The van der Waals surface area contributed by atoms with Crippen LogP contribution in [0.2, 0.25) is 5.02 Å². The van der Waals surface area contributed by atoms with E-state index in [4.69, 9.17) is 11.6 Å². The van der Waals surface area contributed by atoms with Crippen molar-refractivity contribution in [2.45, 2.75) is 18.9 Å². The third-order valence-corrected chi connectivity index (χ3v) is 3.25. The van der Waals surface area contributed by atoms with Gasteiger partial charge in [-0.25, -0.2) is 0 Å². The molecule has 0 atom stereocenters. The average molecular weight is 317 g/mol. The van der Waals surface area contributed by atoms with Crippen molar-refractivity contribution >= 4 is 27.5 Å². The number of halogens is 4. The van der Waals surface area contributed by atoms with E-state index in [2.05, 4.69) is 4.18 Å². The van der Waals surface area contributed by atoms with Gasteiger partial charge in [-0.05, 0) is 18.2 Å². The molecule has 0 aromatic heterocycles. The summed E-state index contributed by atoms with van der Waals surface area (Å²) in [6.45, 7) is 1.46. The normalized spacial score (nSPS) is 12.3. The van der Waals surface area contributed by atoms with Crippen LogP contribution in [-0.4, -0.2) is 19.7 Å². The van der Waals surface area contributed by atoms with E-state index in [-0.39, 0.29) is 17.0 Å². The first-order valence-corrected chi connectivity index (χ1v) is 6.70. The first-order valence-electron chi connectivity index (χ1n) is 4.92. The second-order valence-corrected chi connectivity index (χ2v) is 5.37. The Balaban J connectivity index is 3.26. The molecule has 4 nitrogen and oxygen atoms in total. The smallest absolute Gasteiger partial charge is 0.375 e. The van der Waals surface area contributed by atoms with Crippen molar-refractivity contribution in [1.82, 2.24) is 0 Å². The summed E-state index contributed by atoms with van der Waals surface area (Å²) in [7, 11) is -5.82. The summed E-state index contributed by atoms with van der Waals surface area (Å²) < 4.78 is 62.3. The fraction of sp³-hybridized carbons (Fsp3) is 0.300. The highest BCUT2D eigenvalue weighted by molar-refractivity contribution is 7.88. The average Bonchev–Trinajstić information content (AvgIpc) is 2.28. The Labute approximate surface area is 112 Å². The van der Waals surface area contributed by atoms with Crippen molar-refractivity contribution in [1.29, 1.82) is 0 Å². The molecule has 0 unspecified atom stereocenters. The van der Waals surface area contributed by atoms with Gasteiger partial charge in [-0.3, -0.25) is 4.79 Å².